The van der Waals surface area contributed by atoms with Gasteiger partial charge in [-0.2, -0.15) is 5.10 Å². The molecule has 6 heteroatoms. The summed E-state index contributed by atoms with van der Waals surface area (Å²) in [7, 11) is 0. The second kappa shape index (κ2) is 7.68. The number of benzene rings is 2. The molecule has 0 amide bonds. The molecular formula is C19H15ClN2O2S. The zero-order chi connectivity index (χ0) is 17.8. The third-order valence-corrected chi connectivity index (χ3v) is 4.97. The molecule has 0 unspecified atom stereocenters. The zero-order valence-corrected chi connectivity index (χ0v) is 15.1. The molecule has 1 heterocycles. The van der Waals surface area contributed by atoms with Crippen LogP contribution in [0.5, 0.6) is 0 Å². The van der Waals surface area contributed by atoms with Crippen LogP contribution in [0.4, 0.5) is 0 Å². The summed E-state index contributed by atoms with van der Waals surface area (Å²) in [5.74, 6) is -0.145. The molecule has 0 N–H and O–H groups in total. The van der Waals surface area contributed by atoms with E-state index in [0.29, 0.717) is 21.7 Å². The van der Waals surface area contributed by atoms with Crippen molar-refractivity contribution in [1.82, 2.24) is 9.78 Å². The number of carbonyl (C=O) groups is 1. The van der Waals surface area contributed by atoms with Crippen molar-refractivity contribution in [3.05, 3.63) is 92.9 Å². The first-order valence-corrected chi connectivity index (χ1v) is 9.18. The van der Waals surface area contributed by atoms with Crippen molar-refractivity contribution < 1.29 is 4.79 Å². The Kier molecular flexibility index (Phi) is 5.36. The molecule has 0 aliphatic heterocycles. The summed E-state index contributed by atoms with van der Waals surface area (Å²) in [4.78, 5) is 25.7. The van der Waals surface area contributed by atoms with E-state index in [-0.39, 0.29) is 17.9 Å². The van der Waals surface area contributed by atoms with Crippen LogP contribution in [0.15, 0.2) is 70.5 Å². The topological polar surface area (TPSA) is 52.0 Å². The Balaban J connectivity index is 1.93. The Morgan fingerprint density at radius 2 is 1.88 bits per heavy atom. The SMILES string of the molecule is CSc1ccc(C(=O)c2cccc(Cn3ncccc3=O)c2Cl)cc1. The van der Waals surface area contributed by atoms with Gasteiger partial charge in [0.1, 0.15) is 0 Å². The van der Waals surface area contributed by atoms with Crippen LogP contribution in [0.3, 0.4) is 0 Å². The lowest BCUT2D eigenvalue weighted by Gasteiger charge is -2.10. The number of thioether (sulfide) groups is 1. The van der Waals surface area contributed by atoms with Gasteiger partial charge >= 0.3 is 0 Å². The van der Waals surface area contributed by atoms with E-state index in [1.807, 2.05) is 18.4 Å². The highest BCUT2D eigenvalue weighted by Crippen LogP contribution is 2.25. The smallest absolute Gasteiger partial charge is 0.267 e. The van der Waals surface area contributed by atoms with Crippen molar-refractivity contribution >= 4 is 29.1 Å². The molecule has 25 heavy (non-hydrogen) atoms. The van der Waals surface area contributed by atoms with Gasteiger partial charge in [-0.05, 0) is 48.2 Å². The highest BCUT2D eigenvalue weighted by atomic mass is 35.5. The second-order valence-corrected chi connectivity index (χ2v) is 6.61. The first-order chi connectivity index (χ1) is 12.1. The lowest BCUT2D eigenvalue weighted by atomic mass is 10.0. The number of hydrogen-bond acceptors (Lipinski definition) is 4. The molecule has 3 rings (SSSR count). The summed E-state index contributed by atoms with van der Waals surface area (Å²) in [6.45, 7) is 0.213. The quantitative estimate of drug-likeness (QED) is 0.505. The van der Waals surface area contributed by atoms with Crippen molar-refractivity contribution in [2.75, 3.05) is 6.26 Å². The fourth-order valence-corrected chi connectivity index (χ4v) is 3.12. The van der Waals surface area contributed by atoms with Crippen LogP contribution >= 0.6 is 23.4 Å². The van der Waals surface area contributed by atoms with Crippen molar-refractivity contribution in [3.8, 4) is 0 Å². The van der Waals surface area contributed by atoms with Crippen molar-refractivity contribution in [3.63, 3.8) is 0 Å². The Labute approximate surface area is 154 Å². The van der Waals surface area contributed by atoms with E-state index in [1.165, 1.54) is 16.9 Å². The van der Waals surface area contributed by atoms with E-state index in [4.69, 9.17) is 11.6 Å². The van der Waals surface area contributed by atoms with E-state index in [0.717, 1.165) is 4.90 Å². The van der Waals surface area contributed by atoms with Crippen LogP contribution in [-0.2, 0) is 6.54 Å². The standard InChI is InChI=1S/C19H15ClN2O2S/c1-25-15-9-7-13(8-10-15)19(24)16-5-2-4-14(18(16)20)12-22-17(23)6-3-11-21-22/h2-11H,12H2,1H3. The molecule has 0 atom stereocenters. The second-order valence-electron chi connectivity index (χ2n) is 5.36. The molecule has 126 valence electrons. The predicted octanol–water partition coefficient (Wildman–Crippen LogP) is 3.90. The molecule has 2 aromatic carbocycles. The minimum Gasteiger partial charge on any atom is -0.289 e. The molecular weight excluding hydrogens is 356 g/mol. The molecule has 0 spiro atoms. The normalized spacial score (nSPS) is 10.6. The number of aromatic nitrogens is 2. The first-order valence-electron chi connectivity index (χ1n) is 7.58. The van der Waals surface area contributed by atoms with Crippen molar-refractivity contribution in [2.45, 2.75) is 11.4 Å². The Hall–Kier alpha value is -2.37. The van der Waals surface area contributed by atoms with E-state index >= 15 is 0 Å². The number of halogens is 1. The molecule has 3 aromatic rings. The third kappa shape index (κ3) is 3.83. The predicted molar refractivity (Wildman–Crippen MR) is 101 cm³/mol. The number of hydrogen-bond donors (Lipinski definition) is 0. The molecule has 4 nitrogen and oxygen atoms in total. The molecule has 1 aromatic heterocycles. The van der Waals surface area contributed by atoms with Gasteiger partial charge in [0.05, 0.1) is 11.6 Å². The fraction of sp³-hybridized carbons (Fsp3) is 0.105. The first kappa shape index (κ1) is 17.5. The molecule has 0 saturated carbocycles. The number of rotatable bonds is 5. The summed E-state index contributed by atoms with van der Waals surface area (Å²) in [5.41, 5.74) is 1.45. The maximum atomic E-state index is 12.8. The Morgan fingerprint density at radius 3 is 2.56 bits per heavy atom. The highest BCUT2D eigenvalue weighted by Gasteiger charge is 2.16. The lowest BCUT2D eigenvalue weighted by Crippen LogP contribution is -2.22. The molecule has 0 fully saturated rings. The summed E-state index contributed by atoms with van der Waals surface area (Å²) < 4.78 is 1.31. The maximum absolute atomic E-state index is 12.8. The molecule has 0 aliphatic rings. The monoisotopic (exact) mass is 370 g/mol. The minimum atomic E-state index is -0.219. The molecule has 0 bridgehead atoms. The van der Waals surface area contributed by atoms with Crippen molar-refractivity contribution in [2.24, 2.45) is 0 Å². The average molecular weight is 371 g/mol. The number of carbonyl (C=O) groups excluding carboxylic acids is 1. The van der Waals surface area contributed by atoms with Gasteiger partial charge in [0.25, 0.3) is 5.56 Å². The van der Waals surface area contributed by atoms with Gasteiger partial charge in [0.15, 0.2) is 5.78 Å². The Bertz CT molecular complexity index is 968. The van der Waals surface area contributed by atoms with Crippen LogP contribution in [0.2, 0.25) is 5.02 Å². The largest absolute Gasteiger partial charge is 0.289 e. The maximum Gasteiger partial charge on any atom is 0.267 e. The van der Waals surface area contributed by atoms with Crippen LogP contribution in [0, 0.1) is 0 Å². The van der Waals surface area contributed by atoms with Gasteiger partial charge in [-0.15, -0.1) is 11.8 Å². The van der Waals surface area contributed by atoms with E-state index in [2.05, 4.69) is 5.10 Å². The minimum absolute atomic E-state index is 0.145. The molecule has 0 aliphatic carbocycles. The fourth-order valence-electron chi connectivity index (χ4n) is 2.44. The third-order valence-electron chi connectivity index (χ3n) is 3.78. The summed E-state index contributed by atoms with van der Waals surface area (Å²) in [6.07, 6.45) is 3.52. The van der Waals surface area contributed by atoms with E-state index in [9.17, 15) is 9.59 Å². The number of ketones is 1. The summed E-state index contributed by atoms with van der Waals surface area (Å²) in [6, 6.07) is 15.7. The summed E-state index contributed by atoms with van der Waals surface area (Å²) in [5, 5.41) is 4.37. The zero-order valence-electron chi connectivity index (χ0n) is 13.5. The Morgan fingerprint density at radius 1 is 1.12 bits per heavy atom. The highest BCUT2D eigenvalue weighted by molar-refractivity contribution is 7.98. The van der Waals surface area contributed by atoms with Crippen molar-refractivity contribution in [1.29, 1.82) is 0 Å². The van der Waals surface area contributed by atoms with Crippen LogP contribution < -0.4 is 5.56 Å². The van der Waals surface area contributed by atoms with Gasteiger partial charge < -0.3 is 0 Å². The van der Waals surface area contributed by atoms with Gasteiger partial charge in [-0.3, -0.25) is 9.59 Å². The van der Waals surface area contributed by atoms with Gasteiger partial charge in [-0.1, -0.05) is 23.7 Å². The van der Waals surface area contributed by atoms with Crippen LogP contribution in [-0.4, -0.2) is 21.8 Å². The van der Waals surface area contributed by atoms with E-state index in [1.54, 1.807) is 48.2 Å². The number of nitrogens with zero attached hydrogens (tertiary/aromatic N) is 2. The molecule has 0 radical (unpaired) electrons. The van der Waals surface area contributed by atoms with Gasteiger partial charge in [0.2, 0.25) is 0 Å². The molecule has 0 saturated heterocycles. The van der Waals surface area contributed by atoms with E-state index < -0.39 is 0 Å². The lowest BCUT2D eigenvalue weighted by molar-refractivity contribution is 0.103. The van der Waals surface area contributed by atoms with Crippen LogP contribution in [0.25, 0.3) is 0 Å². The summed E-state index contributed by atoms with van der Waals surface area (Å²) >= 11 is 8.06. The van der Waals surface area contributed by atoms with Crippen LogP contribution in [0.1, 0.15) is 21.5 Å². The van der Waals surface area contributed by atoms with Gasteiger partial charge in [-0.25, -0.2) is 4.68 Å². The average Bonchev–Trinajstić information content (AvgIpc) is 2.65. The van der Waals surface area contributed by atoms with Gasteiger partial charge in [0, 0.05) is 28.3 Å².